The fourth-order valence-corrected chi connectivity index (χ4v) is 4.56. The highest BCUT2D eigenvalue weighted by Crippen LogP contribution is 2.39. The molecule has 0 radical (unpaired) electrons. The molecule has 2 aromatic heterocycles. The molecule has 2 aromatic rings. The topological polar surface area (TPSA) is 105 Å². The quantitative estimate of drug-likeness (QED) is 0.348. The number of fused-ring (bicyclic) bond motifs is 1. The number of ether oxygens (including phenoxy) is 3. The average molecular weight is 461 g/mol. The molecule has 10 heteroatoms. The van der Waals surface area contributed by atoms with Crippen molar-refractivity contribution in [3.63, 3.8) is 0 Å². The fraction of sp³-hybridized carbons (Fsp3) is 0.636. The van der Waals surface area contributed by atoms with Crippen molar-refractivity contribution >= 4 is 31.1 Å². The average Bonchev–Trinajstić information content (AvgIpc) is 3.39. The Morgan fingerprint density at radius 2 is 2.12 bits per heavy atom. The minimum atomic E-state index is -1.20. The molecular formula is C22H32N4O5Si. The van der Waals surface area contributed by atoms with E-state index in [0.717, 1.165) is 24.6 Å². The van der Waals surface area contributed by atoms with Crippen LogP contribution in [0.3, 0.4) is 0 Å². The van der Waals surface area contributed by atoms with Gasteiger partial charge in [0.05, 0.1) is 31.2 Å². The van der Waals surface area contributed by atoms with E-state index in [1.54, 1.807) is 12.4 Å². The molecule has 3 heterocycles. The number of aromatic nitrogens is 3. The van der Waals surface area contributed by atoms with Gasteiger partial charge in [-0.15, -0.1) is 0 Å². The van der Waals surface area contributed by atoms with Gasteiger partial charge >= 0.3 is 5.97 Å². The van der Waals surface area contributed by atoms with Gasteiger partial charge < -0.3 is 24.1 Å². The van der Waals surface area contributed by atoms with Crippen LogP contribution in [-0.4, -0.2) is 67.0 Å². The van der Waals surface area contributed by atoms with E-state index >= 15 is 0 Å². The Balaban J connectivity index is 1.61. The van der Waals surface area contributed by atoms with Crippen molar-refractivity contribution in [3.8, 4) is 0 Å². The Morgan fingerprint density at radius 1 is 1.34 bits per heavy atom. The molecule has 1 saturated carbocycles. The summed E-state index contributed by atoms with van der Waals surface area (Å²) in [5.74, 6) is -0.496. The van der Waals surface area contributed by atoms with Gasteiger partial charge in [-0.2, -0.15) is 0 Å². The van der Waals surface area contributed by atoms with Gasteiger partial charge in [-0.3, -0.25) is 4.79 Å². The molecule has 1 N–H and O–H groups in total. The highest BCUT2D eigenvalue weighted by Gasteiger charge is 2.45. The van der Waals surface area contributed by atoms with Gasteiger partial charge in [0.1, 0.15) is 12.2 Å². The monoisotopic (exact) mass is 460 g/mol. The lowest BCUT2D eigenvalue weighted by atomic mass is 9.98. The maximum absolute atomic E-state index is 13.3. The standard InChI is InChI=1S/C22H32N4O5Si/c1-29-21(28)22(7-8-30-13-22)25-20(27)16-12-26(14-31-9-10-32(2,3)4)19-18(16)24-17(11-23-19)15-5-6-15/h11-12,15H,5-10,13-14H2,1-4H3,(H,25,27). The Bertz CT molecular complexity index is 1010. The molecule has 4 rings (SSSR count). The van der Waals surface area contributed by atoms with E-state index in [1.807, 2.05) is 4.57 Å². The normalized spacial score (nSPS) is 21.1. The van der Waals surface area contributed by atoms with Crippen molar-refractivity contribution in [2.45, 2.75) is 63.1 Å². The van der Waals surface area contributed by atoms with Crippen LogP contribution in [-0.2, 0) is 25.7 Å². The molecule has 0 bridgehead atoms. The Morgan fingerprint density at radius 3 is 2.75 bits per heavy atom. The molecule has 1 aliphatic carbocycles. The molecule has 1 aliphatic heterocycles. The number of methoxy groups -OCH3 is 1. The molecule has 9 nitrogen and oxygen atoms in total. The van der Waals surface area contributed by atoms with Gasteiger partial charge in [0.2, 0.25) is 0 Å². The van der Waals surface area contributed by atoms with Crippen LogP contribution in [0.2, 0.25) is 25.7 Å². The van der Waals surface area contributed by atoms with Crippen LogP contribution >= 0.6 is 0 Å². The van der Waals surface area contributed by atoms with E-state index in [-0.39, 0.29) is 13.3 Å². The minimum Gasteiger partial charge on any atom is -0.467 e. The second-order valence-electron chi connectivity index (χ2n) is 9.93. The largest absolute Gasteiger partial charge is 0.467 e. The summed E-state index contributed by atoms with van der Waals surface area (Å²) in [5, 5.41) is 2.86. The molecule has 2 aliphatic rings. The van der Waals surface area contributed by atoms with Crippen molar-refractivity contribution in [2.24, 2.45) is 0 Å². The van der Waals surface area contributed by atoms with E-state index in [2.05, 4.69) is 29.9 Å². The SMILES string of the molecule is COC(=O)C1(NC(=O)c2cn(COCC[Si](C)(C)C)c3ncc(C4CC4)nc23)CCOC1. The first-order chi connectivity index (χ1) is 15.2. The van der Waals surface area contributed by atoms with Gasteiger partial charge in [0.15, 0.2) is 11.2 Å². The van der Waals surface area contributed by atoms with Crippen LogP contribution in [0.4, 0.5) is 0 Å². The third kappa shape index (κ3) is 4.87. The van der Waals surface area contributed by atoms with Crippen molar-refractivity contribution in [1.29, 1.82) is 0 Å². The number of carbonyl (C=O) groups excluding carboxylic acids is 2. The molecule has 1 amide bonds. The van der Waals surface area contributed by atoms with Gasteiger partial charge in [-0.1, -0.05) is 19.6 Å². The smallest absolute Gasteiger partial charge is 0.334 e. The first kappa shape index (κ1) is 22.9. The predicted octanol–water partition coefficient (Wildman–Crippen LogP) is 2.68. The summed E-state index contributed by atoms with van der Waals surface area (Å²) in [4.78, 5) is 35.1. The van der Waals surface area contributed by atoms with Crippen LogP contribution in [0.5, 0.6) is 0 Å². The van der Waals surface area contributed by atoms with E-state index in [0.29, 0.717) is 42.3 Å². The molecule has 2 fully saturated rings. The summed E-state index contributed by atoms with van der Waals surface area (Å²) in [6.45, 7) is 8.33. The van der Waals surface area contributed by atoms with Crippen molar-refractivity contribution in [1.82, 2.24) is 19.9 Å². The summed E-state index contributed by atoms with van der Waals surface area (Å²) in [5.41, 5.74) is 1.21. The maximum Gasteiger partial charge on any atom is 0.334 e. The van der Waals surface area contributed by atoms with Crippen LogP contribution in [0.1, 0.15) is 41.2 Å². The number of nitrogens with zero attached hydrogens (tertiary/aromatic N) is 3. The first-order valence-corrected chi connectivity index (χ1v) is 14.9. The van der Waals surface area contributed by atoms with Crippen molar-refractivity contribution in [2.75, 3.05) is 26.9 Å². The van der Waals surface area contributed by atoms with E-state index in [4.69, 9.17) is 19.2 Å². The van der Waals surface area contributed by atoms with E-state index in [1.165, 1.54) is 7.11 Å². The lowest BCUT2D eigenvalue weighted by Crippen LogP contribution is -2.55. The van der Waals surface area contributed by atoms with Crippen LogP contribution in [0.25, 0.3) is 11.2 Å². The first-order valence-electron chi connectivity index (χ1n) is 11.1. The Labute approximate surface area is 188 Å². The van der Waals surface area contributed by atoms with Crippen LogP contribution in [0.15, 0.2) is 12.4 Å². The lowest BCUT2D eigenvalue weighted by molar-refractivity contribution is -0.148. The number of carbonyl (C=O) groups is 2. The molecule has 0 aromatic carbocycles. The molecule has 1 unspecified atom stereocenters. The number of hydrogen-bond donors (Lipinski definition) is 1. The molecule has 1 atom stereocenters. The fourth-order valence-electron chi connectivity index (χ4n) is 3.80. The summed E-state index contributed by atoms with van der Waals surface area (Å²) in [6.07, 6.45) is 6.05. The van der Waals surface area contributed by atoms with Crippen molar-refractivity contribution < 1.29 is 23.8 Å². The minimum absolute atomic E-state index is 0.0862. The van der Waals surface area contributed by atoms with Crippen LogP contribution in [0, 0.1) is 0 Å². The predicted molar refractivity (Wildman–Crippen MR) is 121 cm³/mol. The second-order valence-corrected chi connectivity index (χ2v) is 15.6. The molecule has 1 saturated heterocycles. The zero-order valence-corrected chi connectivity index (χ0v) is 20.3. The van der Waals surface area contributed by atoms with E-state index in [9.17, 15) is 9.59 Å². The van der Waals surface area contributed by atoms with Gasteiger partial charge in [-0.05, 0) is 18.9 Å². The highest BCUT2D eigenvalue weighted by molar-refractivity contribution is 6.76. The number of rotatable bonds is 9. The lowest BCUT2D eigenvalue weighted by Gasteiger charge is -2.25. The summed E-state index contributed by atoms with van der Waals surface area (Å²) >= 11 is 0. The van der Waals surface area contributed by atoms with Gasteiger partial charge in [-0.25, -0.2) is 14.8 Å². The maximum atomic E-state index is 13.3. The Kier molecular flexibility index (Phi) is 6.37. The zero-order valence-electron chi connectivity index (χ0n) is 19.3. The van der Waals surface area contributed by atoms with Gasteiger partial charge in [0, 0.05) is 39.8 Å². The molecule has 0 spiro atoms. The number of nitrogens with one attached hydrogen (secondary N) is 1. The summed E-state index contributed by atoms with van der Waals surface area (Å²) < 4.78 is 18.0. The van der Waals surface area contributed by atoms with Gasteiger partial charge in [0.25, 0.3) is 5.91 Å². The number of hydrogen-bond acceptors (Lipinski definition) is 7. The molecule has 32 heavy (non-hydrogen) atoms. The van der Waals surface area contributed by atoms with E-state index < -0.39 is 25.5 Å². The third-order valence-electron chi connectivity index (χ3n) is 6.00. The number of esters is 1. The van der Waals surface area contributed by atoms with Crippen LogP contribution < -0.4 is 5.32 Å². The summed E-state index contributed by atoms with van der Waals surface area (Å²) in [7, 11) is 0.110. The van der Waals surface area contributed by atoms with Crippen molar-refractivity contribution in [3.05, 3.63) is 23.7 Å². The Hall–Kier alpha value is -2.30. The second kappa shape index (κ2) is 8.91. The zero-order chi connectivity index (χ0) is 22.9. The third-order valence-corrected chi connectivity index (χ3v) is 7.71. The summed E-state index contributed by atoms with van der Waals surface area (Å²) in [6, 6.07) is 1.05. The molecule has 174 valence electrons. The molecular weight excluding hydrogens is 428 g/mol. The number of amides is 1. The highest BCUT2D eigenvalue weighted by atomic mass is 28.3.